The molecule has 6 nitrogen and oxygen atoms in total. The van der Waals surface area contributed by atoms with E-state index >= 15 is 0 Å². The van der Waals surface area contributed by atoms with Gasteiger partial charge in [0.2, 0.25) is 0 Å². The van der Waals surface area contributed by atoms with E-state index < -0.39 is 0 Å². The molecule has 2 aliphatic rings. The van der Waals surface area contributed by atoms with Crippen LogP contribution in [0.2, 0.25) is 0 Å². The second-order valence-corrected chi connectivity index (χ2v) is 7.59. The number of H-pyrrole nitrogens is 1. The third kappa shape index (κ3) is 4.14. The maximum Gasteiger partial charge on any atom is 0.256 e. The van der Waals surface area contributed by atoms with Gasteiger partial charge < -0.3 is 10.1 Å². The molecular formula is C20H26N4O2. The number of morpholine rings is 1. The minimum Gasteiger partial charge on any atom is -0.373 e. The summed E-state index contributed by atoms with van der Waals surface area (Å²) in [6.45, 7) is 6.98. The van der Waals surface area contributed by atoms with Crippen LogP contribution in [0.15, 0.2) is 30.3 Å². The maximum atomic E-state index is 12.4. The van der Waals surface area contributed by atoms with Gasteiger partial charge in [0.05, 0.1) is 12.2 Å². The van der Waals surface area contributed by atoms with Gasteiger partial charge in [-0.3, -0.25) is 14.8 Å². The number of anilines is 1. The Morgan fingerprint density at radius 1 is 1.23 bits per heavy atom. The van der Waals surface area contributed by atoms with Gasteiger partial charge in [-0.1, -0.05) is 12.1 Å². The van der Waals surface area contributed by atoms with E-state index in [1.807, 2.05) is 30.3 Å². The number of aromatic amines is 1. The predicted octanol–water partition coefficient (Wildman–Crippen LogP) is 3.15. The molecule has 1 saturated carbocycles. The lowest BCUT2D eigenvalue weighted by molar-refractivity contribution is -0.0704. The summed E-state index contributed by atoms with van der Waals surface area (Å²) in [7, 11) is 0. The van der Waals surface area contributed by atoms with E-state index in [9.17, 15) is 4.79 Å². The van der Waals surface area contributed by atoms with Crippen LogP contribution in [0.5, 0.6) is 0 Å². The fourth-order valence-electron chi connectivity index (χ4n) is 3.63. The largest absolute Gasteiger partial charge is 0.373 e. The number of hydrogen-bond acceptors (Lipinski definition) is 4. The molecule has 2 heterocycles. The summed E-state index contributed by atoms with van der Waals surface area (Å²) < 4.78 is 5.78. The van der Waals surface area contributed by atoms with E-state index in [0.717, 1.165) is 25.3 Å². The molecule has 0 spiro atoms. The van der Waals surface area contributed by atoms with E-state index in [0.29, 0.717) is 17.3 Å². The van der Waals surface area contributed by atoms with Crippen molar-refractivity contribution >= 4 is 11.7 Å². The van der Waals surface area contributed by atoms with Gasteiger partial charge in [-0.25, -0.2) is 0 Å². The van der Waals surface area contributed by atoms with Gasteiger partial charge in [-0.05, 0) is 44.4 Å². The number of nitrogens with one attached hydrogen (secondary N) is 2. The van der Waals surface area contributed by atoms with E-state index in [-0.39, 0.29) is 18.1 Å². The highest BCUT2D eigenvalue weighted by molar-refractivity contribution is 6.03. The Labute approximate surface area is 153 Å². The van der Waals surface area contributed by atoms with Crippen LogP contribution in [0.4, 0.5) is 5.82 Å². The van der Waals surface area contributed by atoms with Crippen LogP contribution < -0.4 is 5.32 Å². The molecular weight excluding hydrogens is 328 g/mol. The molecule has 1 aliphatic heterocycles. The molecule has 2 fully saturated rings. The first kappa shape index (κ1) is 17.2. The zero-order chi connectivity index (χ0) is 18.1. The monoisotopic (exact) mass is 354 g/mol. The van der Waals surface area contributed by atoms with E-state index in [4.69, 9.17) is 4.74 Å². The number of benzene rings is 1. The lowest BCUT2D eigenvalue weighted by atomic mass is 10.1. The summed E-state index contributed by atoms with van der Waals surface area (Å²) in [6.07, 6.45) is 2.94. The number of rotatable bonds is 5. The van der Waals surface area contributed by atoms with Crippen molar-refractivity contribution in [3.8, 4) is 0 Å². The second-order valence-electron chi connectivity index (χ2n) is 7.59. The topological polar surface area (TPSA) is 70.2 Å². The predicted molar refractivity (Wildman–Crippen MR) is 100 cm³/mol. The average molecular weight is 354 g/mol. The summed E-state index contributed by atoms with van der Waals surface area (Å²) in [5.74, 6) is 1.06. The van der Waals surface area contributed by atoms with E-state index in [1.165, 1.54) is 18.4 Å². The summed E-state index contributed by atoms with van der Waals surface area (Å²) in [5.41, 5.74) is 2.97. The molecule has 2 aromatic rings. The first-order valence-electron chi connectivity index (χ1n) is 9.40. The number of hydrogen-bond donors (Lipinski definition) is 2. The third-order valence-corrected chi connectivity index (χ3v) is 4.97. The zero-order valence-electron chi connectivity index (χ0n) is 15.4. The molecule has 1 amide bonds. The van der Waals surface area contributed by atoms with Crippen molar-refractivity contribution in [2.45, 2.75) is 51.4 Å². The van der Waals surface area contributed by atoms with Gasteiger partial charge in [-0.2, -0.15) is 5.10 Å². The average Bonchev–Trinajstić information content (AvgIpc) is 3.34. The Morgan fingerprint density at radius 3 is 2.58 bits per heavy atom. The van der Waals surface area contributed by atoms with Crippen molar-refractivity contribution in [2.75, 3.05) is 18.4 Å². The quantitative estimate of drug-likeness (QED) is 0.865. The van der Waals surface area contributed by atoms with Gasteiger partial charge in [0.15, 0.2) is 5.82 Å². The highest BCUT2D eigenvalue weighted by atomic mass is 16.5. The first-order valence-corrected chi connectivity index (χ1v) is 9.40. The Balaban J connectivity index is 1.34. The molecule has 0 radical (unpaired) electrons. The minimum absolute atomic E-state index is 0.126. The van der Waals surface area contributed by atoms with Gasteiger partial charge in [0.25, 0.3) is 5.91 Å². The molecule has 2 atom stereocenters. The summed E-state index contributed by atoms with van der Waals surface area (Å²) in [4.78, 5) is 14.8. The van der Waals surface area contributed by atoms with Gasteiger partial charge >= 0.3 is 0 Å². The van der Waals surface area contributed by atoms with E-state index in [2.05, 4.69) is 34.3 Å². The number of nitrogens with zero attached hydrogens (tertiary/aromatic N) is 2. The van der Waals surface area contributed by atoms with Crippen LogP contribution in [0, 0.1) is 0 Å². The molecule has 6 heteroatoms. The Bertz CT molecular complexity index is 756. The molecule has 0 bridgehead atoms. The van der Waals surface area contributed by atoms with Crippen LogP contribution in [0.1, 0.15) is 54.2 Å². The van der Waals surface area contributed by atoms with Gasteiger partial charge in [-0.15, -0.1) is 0 Å². The number of ether oxygens (including phenoxy) is 1. The molecule has 2 N–H and O–H groups in total. The van der Waals surface area contributed by atoms with Crippen molar-refractivity contribution in [1.82, 2.24) is 15.1 Å². The third-order valence-electron chi connectivity index (χ3n) is 4.97. The minimum atomic E-state index is -0.126. The SMILES string of the molecule is CC1CN(Cc2ccc(C(=O)Nc3cc(C4CC4)[nH]n3)cc2)CC(C)O1. The van der Waals surface area contributed by atoms with Crippen molar-refractivity contribution in [1.29, 1.82) is 0 Å². The zero-order valence-corrected chi connectivity index (χ0v) is 15.4. The first-order chi connectivity index (χ1) is 12.6. The summed E-state index contributed by atoms with van der Waals surface area (Å²) in [5, 5.41) is 10.0. The molecule has 4 rings (SSSR count). The molecule has 2 unspecified atom stereocenters. The number of carbonyl (C=O) groups is 1. The van der Waals surface area contributed by atoms with Crippen molar-refractivity contribution in [3.63, 3.8) is 0 Å². The molecule has 1 aromatic heterocycles. The van der Waals surface area contributed by atoms with Crippen LogP contribution >= 0.6 is 0 Å². The lowest BCUT2D eigenvalue weighted by Crippen LogP contribution is -2.44. The van der Waals surface area contributed by atoms with Gasteiger partial charge in [0.1, 0.15) is 0 Å². The molecule has 138 valence electrons. The normalized spacial score (nSPS) is 23.8. The van der Waals surface area contributed by atoms with Crippen LogP contribution in [0.25, 0.3) is 0 Å². The van der Waals surface area contributed by atoms with E-state index in [1.54, 1.807) is 0 Å². The fraction of sp³-hybridized carbons (Fsp3) is 0.500. The molecule has 26 heavy (non-hydrogen) atoms. The van der Waals surface area contributed by atoms with Crippen LogP contribution in [-0.2, 0) is 11.3 Å². The highest BCUT2D eigenvalue weighted by Gasteiger charge is 2.26. The van der Waals surface area contributed by atoms with Crippen molar-refractivity contribution < 1.29 is 9.53 Å². The lowest BCUT2D eigenvalue weighted by Gasteiger charge is -2.35. The standard InChI is InChI=1S/C20H26N4O2/c1-13-10-24(11-14(2)26-13)12-15-3-5-17(6-4-15)20(25)21-19-9-18(22-23-19)16-7-8-16/h3-6,9,13-14,16H,7-8,10-12H2,1-2H3,(H2,21,22,23,25). The number of carbonyl (C=O) groups excluding carboxylic acids is 1. The molecule has 1 aliphatic carbocycles. The summed E-state index contributed by atoms with van der Waals surface area (Å²) >= 11 is 0. The molecule has 1 saturated heterocycles. The Hall–Kier alpha value is -2.18. The van der Waals surface area contributed by atoms with Crippen molar-refractivity contribution in [2.24, 2.45) is 0 Å². The van der Waals surface area contributed by atoms with Crippen LogP contribution in [-0.4, -0.2) is 46.3 Å². The van der Waals surface area contributed by atoms with Crippen LogP contribution in [0.3, 0.4) is 0 Å². The number of aromatic nitrogens is 2. The second kappa shape index (κ2) is 7.21. The Morgan fingerprint density at radius 2 is 1.92 bits per heavy atom. The Kier molecular flexibility index (Phi) is 4.78. The highest BCUT2D eigenvalue weighted by Crippen LogP contribution is 2.39. The fourth-order valence-corrected chi connectivity index (χ4v) is 3.63. The number of amides is 1. The van der Waals surface area contributed by atoms with Gasteiger partial charge in [0, 0.05) is 42.9 Å². The maximum absolute atomic E-state index is 12.4. The summed E-state index contributed by atoms with van der Waals surface area (Å²) in [6, 6.07) is 9.75. The molecule has 1 aromatic carbocycles. The van der Waals surface area contributed by atoms with Crippen molar-refractivity contribution in [3.05, 3.63) is 47.2 Å². The smallest absolute Gasteiger partial charge is 0.256 e.